The summed E-state index contributed by atoms with van der Waals surface area (Å²) in [7, 11) is 1.49. The van der Waals surface area contributed by atoms with Gasteiger partial charge < -0.3 is 25.2 Å². The van der Waals surface area contributed by atoms with Crippen molar-refractivity contribution < 1.29 is 42.1 Å². The van der Waals surface area contributed by atoms with E-state index >= 15 is 0 Å². The lowest BCUT2D eigenvalue weighted by Gasteiger charge is -2.29. The van der Waals surface area contributed by atoms with Crippen LogP contribution in [0.25, 0.3) is 0 Å². The second-order valence-corrected chi connectivity index (χ2v) is 7.89. The maximum absolute atomic E-state index is 12.3. The number of rotatable bonds is 4. The Kier molecular flexibility index (Phi) is 8.23. The van der Waals surface area contributed by atoms with Crippen molar-refractivity contribution in [1.29, 1.82) is 0 Å². The first-order valence-corrected chi connectivity index (χ1v) is 9.97. The molecule has 1 atom stereocenters. The Balaban J connectivity index is 0.000000423. The summed E-state index contributed by atoms with van der Waals surface area (Å²) < 4.78 is 43.1. The molecule has 3 heterocycles. The van der Waals surface area contributed by atoms with Crippen molar-refractivity contribution in [3.63, 3.8) is 0 Å². The van der Waals surface area contributed by atoms with E-state index in [0.29, 0.717) is 12.2 Å². The summed E-state index contributed by atoms with van der Waals surface area (Å²) in [6.07, 6.45) is -1.60. The highest BCUT2D eigenvalue weighted by atomic mass is 79.9. The number of ether oxygens (including phenoxy) is 2. The van der Waals surface area contributed by atoms with Crippen LogP contribution in [-0.2, 0) is 14.3 Å². The third-order valence-electron chi connectivity index (χ3n) is 4.87. The van der Waals surface area contributed by atoms with E-state index < -0.39 is 12.1 Å². The minimum absolute atomic E-state index is 0.136. The minimum Gasteiger partial charge on any atom is -0.494 e. The Morgan fingerprint density at radius 1 is 1.42 bits per heavy atom. The first-order valence-electron chi connectivity index (χ1n) is 9.18. The number of piperidine rings is 1. The van der Waals surface area contributed by atoms with E-state index in [9.17, 15) is 22.8 Å². The topological polar surface area (TPSA) is 127 Å². The van der Waals surface area contributed by atoms with Gasteiger partial charge in [0.2, 0.25) is 0 Å². The van der Waals surface area contributed by atoms with E-state index in [4.69, 9.17) is 19.4 Å². The molecule has 1 unspecified atom stereocenters. The molecule has 0 aromatic carbocycles. The standard InChI is InChI=1S/C16H20BrN3O4.C2HF3O2/c1-23-12-6-10(17)8-19-13(12)14(21)20-9-11-7-16(15(22)24-11)2-4-18-5-3-16;3-2(4,5)1(6)7/h6,8,11,18H,2-5,7,9H2,1H3,(H,20,21);(H,6,7). The maximum Gasteiger partial charge on any atom is 0.490 e. The SMILES string of the molecule is COc1cc(Br)cnc1C(=O)NCC1CC2(CCNCC2)C(=O)O1.O=C(O)C(F)(F)F. The molecule has 31 heavy (non-hydrogen) atoms. The van der Waals surface area contributed by atoms with Gasteiger partial charge >= 0.3 is 18.1 Å². The molecular weight excluding hydrogens is 491 g/mol. The average Bonchev–Trinajstić information content (AvgIpc) is 3.01. The smallest absolute Gasteiger partial charge is 0.490 e. The molecule has 2 fully saturated rings. The lowest BCUT2D eigenvalue weighted by molar-refractivity contribution is -0.192. The number of esters is 1. The van der Waals surface area contributed by atoms with E-state index in [-0.39, 0.29) is 35.6 Å². The Labute approximate surface area is 183 Å². The summed E-state index contributed by atoms with van der Waals surface area (Å²) in [4.78, 5) is 37.5. The van der Waals surface area contributed by atoms with Gasteiger partial charge in [-0.15, -0.1) is 0 Å². The molecule has 3 rings (SSSR count). The Morgan fingerprint density at radius 2 is 2.03 bits per heavy atom. The number of alkyl halides is 3. The normalized spacial score (nSPS) is 19.8. The third kappa shape index (κ3) is 6.53. The van der Waals surface area contributed by atoms with Crippen LogP contribution in [0.5, 0.6) is 5.75 Å². The Bertz CT molecular complexity index is 830. The van der Waals surface area contributed by atoms with Crippen molar-refractivity contribution in [3.05, 3.63) is 22.4 Å². The molecule has 0 aliphatic carbocycles. The molecule has 0 bridgehead atoms. The second-order valence-electron chi connectivity index (χ2n) is 6.98. The number of methoxy groups -OCH3 is 1. The zero-order chi connectivity index (χ0) is 23.2. The number of carboxylic acid groups (broad SMARTS) is 1. The van der Waals surface area contributed by atoms with Gasteiger partial charge in [-0.05, 0) is 47.9 Å². The van der Waals surface area contributed by atoms with Crippen LogP contribution in [0.4, 0.5) is 13.2 Å². The lowest BCUT2D eigenvalue weighted by Crippen LogP contribution is -2.39. The molecule has 13 heteroatoms. The molecule has 3 N–H and O–H groups in total. The molecule has 0 radical (unpaired) electrons. The van der Waals surface area contributed by atoms with Gasteiger partial charge in [0, 0.05) is 17.1 Å². The monoisotopic (exact) mass is 511 g/mol. The van der Waals surface area contributed by atoms with Crippen LogP contribution < -0.4 is 15.4 Å². The van der Waals surface area contributed by atoms with Gasteiger partial charge in [-0.25, -0.2) is 9.78 Å². The molecule has 172 valence electrons. The predicted molar refractivity (Wildman–Crippen MR) is 104 cm³/mol. The molecule has 1 aromatic heterocycles. The van der Waals surface area contributed by atoms with Crippen LogP contribution in [-0.4, -0.2) is 67.0 Å². The largest absolute Gasteiger partial charge is 0.494 e. The van der Waals surface area contributed by atoms with E-state index in [1.165, 1.54) is 13.3 Å². The van der Waals surface area contributed by atoms with Gasteiger partial charge in [-0.1, -0.05) is 0 Å². The molecule has 2 aliphatic rings. The lowest BCUT2D eigenvalue weighted by atomic mass is 9.76. The zero-order valence-electron chi connectivity index (χ0n) is 16.4. The van der Waals surface area contributed by atoms with Crippen LogP contribution in [0.1, 0.15) is 29.8 Å². The van der Waals surface area contributed by atoms with E-state index in [2.05, 4.69) is 31.5 Å². The Hall–Kier alpha value is -2.41. The number of carbonyl (C=O) groups is 3. The number of carboxylic acids is 1. The highest BCUT2D eigenvalue weighted by molar-refractivity contribution is 9.10. The van der Waals surface area contributed by atoms with Gasteiger partial charge in [0.15, 0.2) is 11.4 Å². The van der Waals surface area contributed by atoms with Gasteiger partial charge in [-0.2, -0.15) is 13.2 Å². The number of carbonyl (C=O) groups excluding carboxylic acids is 2. The summed E-state index contributed by atoms with van der Waals surface area (Å²) in [5.74, 6) is -2.85. The van der Waals surface area contributed by atoms with Crippen LogP contribution in [0.2, 0.25) is 0 Å². The summed E-state index contributed by atoms with van der Waals surface area (Å²) in [6.45, 7) is 1.93. The molecule has 0 saturated carbocycles. The summed E-state index contributed by atoms with van der Waals surface area (Å²) >= 11 is 3.29. The number of hydrogen-bond donors (Lipinski definition) is 3. The van der Waals surface area contributed by atoms with Gasteiger partial charge in [0.25, 0.3) is 5.91 Å². The van der Waals surface area contributed by atoms with Crippen molar-refractivity contribution in [2.75, 3.05) is 26.7 Å². The number of aliphatic carboxylic acids is 1. The molecule has 2 aliphatic heterocycles. The quantitative estimate of drug-likeness (QED) is 0.523. The Morgan fingerprint density at radius 3 is 2.58 bits per heavy atom. The number of hydrogen-bond acceptors (Lipinski definition) is 7. The summed E-state index contributed by atoms with van der Waals surface area (Å²) in [5, 5.41) is 13.2. The fourth-order valence-corrected chi connectivity index (χ4v) is 3.61. The van der Waals surface area contributed by atoms with Crippen molar-refractivity contribution in [3.8, 4) is 5.75 Å². The van der Waals surface area contributed by atoms with E-state index in [1.807, 2.05) is 0 Å². The van der Waals surface area contributed by atoms with Gasteiger partial charge in [0.1, 0.15) is 6.10 Å². The number of nitrogens with zero attached hydrogens (tertiary/aromatic N) is 1. The highest BCUT2D eigenvalue weighted by Gasteiger charge is 2.49. The van der Waals surface area contributed by atoms with Crippen LogP contribution in [0, 0.1) is 5.41 Å². The average molecular weight is 512 g/mol. The van der Waals surface area contributed by atoms with Crippen LogP contribution >= 0.6 is 15.9 Å². The van der Waals surface area contributed by atoms with E-state index in [1.54, 1.807) is 6.07 Å². The number of nitrogens with one attached hydrogen (secondary N) is 2. The molecule has 2 saturated heterocycles. The fraction of sp³-hybridized carbons (Fsp3) is 0.556. The first kappa shape index (κ1) is 24.9. The fourth-order valence-electron chi connectivity index (χ4n) is 3.30. The minimum atomic E-state index is -5.08. The summed E-state index contributed by atoms with van der Waals surface area (Å²) in [6, 6.07) is 1.68. The predicted octanol–water partition coefficient (Wildman–Crippen LogP) is 1.90. The number of pyridine rings is 1. The van der Waals surface area contributed by atoms with E-state index in [0.717, 1.165) is 30.4 Å². The zero-order valence-corrected chi connectivity index (χ0v) is 18.0. The number of aromatic nitrogens is 1. The molecule has 1 aromatic rings. The van der Waals surface area contributed by atoms with Gasteiger partial charge in [-0.3, -0.25) is 9.59 Å². The molecule has 1 amide bonds. The summed E-state index contributed by atoms with van der Waals surface area (Å²) in [5.41, 5.74) is -0.171. The van der Waals surface area contributed by atoms with Crippen molar-refractivity contribution in [2.45, 2.75) is 31.5 Å². The number of cyclic esters (lactones) is 1. The number of amides is 1. The highest BCUT2D eigenvalue weighted by Crippen LogP contribution is 2.41. The maximum atomic E-state index is 12.3. The third-order valence-corrected chi connectivity index (χ3v) is 5.31. The molecular formula is C18H21BrF3N3O6. The van der Waals surface area contributed by atoms with Crippen LogP contribution in [0.15, 0.2) is 16.7 Å². The van der Waals surface area contributed by atoms with Crippen LogP contribution in [0.3, 0.4) is 0 Å². The van der Waals surface area contributed by atoms with Crippen molar-refractivity contribution in [1.82, 2.24) is 15.6 Å². The van der Waals surface area contributed by atoms with Gasteiger partial charge in [0.05, 0.1) is 19.1 Å². The molecule has 9 nitrogen and oxygen atoms in total. The number of halogens is 4. The second kappa shape index (κ2) is 10.3. The first-order chi connectivity index (χ1) is 14.5. The van der Waals surface area contributed by atoms with Crippen molar-refractivity contribution in [2.24, 2.45) is 5.41 Å². The molecule has 1 spiro atoms. The van der Waals surface area contributed by atoms with Crippen molar-refractivity contribution >= 4 is 33.8 Å².